The molecule has 0 saturated heterocycles. The molecule has 0 atom stereocenters. The van der Waals surface area contributed by atoms with E-state index in [9.17, 15) is 0 Å². The van der Waals surface area contributed by atoms with Gasteiger partial charge in [-0.15, -0.1) is 11.3 Å². The molecule has 19 heavy (non-hydrogen) atoms. The van der Waals surface area contributed by atoms with Crippen molar-refractivity contribution in [3.05, 3.63) is 52.3 Å². The zero-order chi connectivity index (χ0) is 13.2. The maximum Gasteiger partial charge on any atom is 0.0743 e. The zero-order valence-corrected chi connectivity index (χ0v) is 11.5. The normalized spacial score (nSPS) is 10.8. The van der Waals surface area contributed by atoms with Gasteiger partial charge in [0.15, 0.2) is 0 Å². The Balaban J connectivity index is 1.88. The zero-order valence-electron chi connectivity index (χ0n) is 10.7. The Morgan fingerprint density at radius 3 is 2.89 bits per heavy atom. The number of rotatable bonds is 3. The van der Waals surface area contributed by atoms with Crippen LogP contribution in [0.25, 0.3) is 10.9 Å². The van der Waals surface area contributed by atoms with E-state index in [0.717, 1.165) is 28.8 Å². The summed E-state index contributed by atoms with van der Waals surface area (Å²) in [6.07, 6.45) is 1.81. The van der Waals surface area contributed by atoms with Gasteiger partial charge in [0.1, 0.15) is 0 Å². The van der Waals surface area contributed by atoms with Gasteiger partial charge in [-0.1, -0.05) is 0 Å². The van der Waals surface area contributed by atoms with E-state index >= 15 is 0 Å². The van der Waals surface area contributed by atoms with Crippen LogP contribution in [-0.4, -0.2) is 4.98 Å². The van der Waals surface area contributed by atoms with Gasteiger partial charge in [-0.3, -0.25) is 4.98 Å². The summed E-state index contributed by atoms with van der Waals surface area (Å²) in [5, 5.41) is 4.57. The van der Waals surface area contributed by atoms with Gasteiger partial charge in [0.05, 0.1) is 5.52 Å². The number of nitrogens with two attached hydrogens (primary N) is 1. The van der Waals surface area contributed by atoms with Crippen molar-refractivity contribution in [2.45, 2.75) is 13.5 Å². The topological polar surface area (TPSA) is 50.9 Å². The van der Waals surface area contributed by atoms with Crippen LogP contribution in [0, 0.1) is 6.92 Å². The van der Waals surface area contributed by atoms with Gasteiger partial charge in [-0.25, -0.2) is 0 Å². The third kappa shape index (κ3) is 2.53. The lowest BCUT2D eigenvalue weighted by Gasteiger charge is -2.08. The molecule has 0 aliphatic rings. The highest BCUT2D eigenvalue weighted by Crippen LogP contribution is 2.24. The number of anilines is 2. The van der Waals surface area contributed by atoms with E-state index in [-0.39, 0.29) is 0 Å². The van der Waals surface area contributed by atoms with Gasteiger partial charge in [0.25, 0.3) is 0 Å². The van der Waals surface area contributed by atoms with Crippen molar-refractivity contribution >= 4 is 33.6 Å². The van der Waals surface area contributed by atoms with Crippen molar-refractivity contribution in [1.82, 2.24) is 4.98 Å². The minimum atomic E-state index is 0.742. The van der Waals surface area contributed by atoms with E-state index in [1.54, 1.807) is 0 Å². The average Bonchev–Trinajstić information content (AvgIpc) is 2.81. The molecule has 0 bridgehead atoms. The lowest BCUT2D eigenvalue weighted by atomic mass is 10.1. The average molecular weight is 269 g/mol. The van der Waals surface area contributed by atoms with Gasteiger partial charge in [0, 0.05) is 39.3 Å². The Morgan fingerprint density at radius 2 is 2.11 bits per heavy atom. The van der Waals surface area contributed by atoms with Gasteiger partial charge in [-0.2, -0.15) is 0 Å². The SMILES string of the molecule is Cc1ccc(CNc2ccnc3cc(N)ccc23)s1. The van der Waals surface area contributed by atoms with Crippen LogP contribution >= 0.6 is 11.3 Å². The quantitative estimate of drug-likeness (QED) is 0.711. The van der Waals surface area contributed by atoms with Crippen LogP contribution in [0.5, 0.6) is 0 Å². The number of pyridine rings is 1. The first-order chi connectivity index (χ1) is 9.22. The molecule has 3 aromatic rings. The van der Waals surface area contributed by atoms with Gasteiger partial charge >= 0.3 is 0 Å². The number of nitrogen functional groups attached to an aromatic ring is 1. The summed E-state index contributed by atoms with van der Waals surface area (Å²) in [5.74, 6) is 0. The molecular formula is C15H15N3S. The van der Waals surface area contributed by atoms with E-state index < -0.39 is 0 Å². The number of thiophene rings is 1. The lowest BCUT2D eigenvalue weighted by molar-refractivity contribution is 1.19. The van der Waals surface area contributed by atoms with Gasteiger partial charge in [0.2, 0.25) is 0 Å². The van der Waals surface area contributed by atoms with Gasteiger partial charge in [-0.05, 0) is 43.3 Å². The minimum absolute atomic E-state index is 0.742. The van der Waals surface area contributed by atoms with Crippen LogP contribution in [0.2, 0.25) is 0 Å². The number of benzene rings is 1. The van der Waals surface area contributed by atoms with Crippen LogP contribution in [-0.2, 0) is 6.54 Å². The Kier molecular flexibility index (Phi) is 3.09. The van der Waals surface area contributed by atoms with E-state index in [2.05, 4.69) is 29.4 Å². The molecule has 0 fully saturated rings. The predicted molar refractivity (Wildman–Crippen MR) is 82.5 cm³/mol. The molecule has 0 radical (unpaired) electrons. The molecule has 3 nitrogen and oxygen atoms in total. The number of aromatic nitrogens is 1. The third-order valence-corrected chi connectivity index (χ3v) is 4.02. The van der Waals surface area contributed by atoms with E-state index in [1.807, 2.05) is 41.8 Å². The van der Waals surface area contributed by atoms with Crippen LogP contribution in [0.4, 0.5) is 11.4 Å². The maximum atomic E-state index is 5.78. The van der Waals surface area contributed by atoms with Crippen molar-refractivity contribution in [1.29, 1.82) is 0 Å². The number of fused-ring (bicyclic) bond motifs is 1. The highest BCUT2D eigenvalue weighted by Gasteiger charge is 2.03. The van der Waals surface area contributed by atoms with E-state index in [0.29, 0.717) is 0 Å². The Bertz CT molecular complexity index is 718. The first kappa shape index (κ1) is 12.0. The van der Waals surface area contributed by atoms with E-state index in [1.165, 1.54) is 9.75 Å². The van der Waals surface area contributed by atoms with Crippen molar-refractivity contribution in [3.8, 4) is 0 Å². The van der Waals surface area contributed by atoms with Crippen LogP contribution in [0.3, 0.4) is 0 Å². The second-order valence-corrected chi connectivity index (χ2v) is 5.87. The minimum Gasteiger partial charge on any atom is -0.399 e. The number of aryl methyl sites for hydroxylation is 1. The summed E-state index contributed by atoms with van der Waals surface area (Å²) in [6.45, 7) is 2.96. The van der Waals surface area contributed by atoms with E-state index in [4.69, 9.17) is 5.73 Å². The maximum absolute atomic E-state index is 5.78. The number of nitrogens with zero attached hydrogens (tertiary/aromatic N) is 1. The fourth-order valence-corrected chi connectivity index (χ4v) is 2.91. The predicted octanol–water partition coefficient (Wildman–Crippen LogP) is 3.80. The summed E-state index contributed by atoms with van der Waals surface area (Å²) >= 11 is 1.82. The molecule has 2 heterocycles. The number of hydrogen-bond donors (Lipinski definition) is 2. The molecule has 0 spiro atoms. The molecular weight excluding hydrogens is 254 g/mol. The molecule has 0 amide bonds. The molecule has 3 N–H and O–H groups in total. The van der Waals surface area contributed by atoms with Crippen molar-refractivity contribution < 1.29 is 0 Å². The lowest BCUT2D eigenvalue weighted by Crippen LogP contribution is -1.98. The monoisotopic (exact) mass is 269 g/mol. The molecule has 3 rings (SSSR count). The fourth-order valence-electron chi connectivity index (χ4n) is 2.08. The van der Waals surface area contributed by atoms with Gasteiger partial charge < -0.3 is 11.1 Å². The fraction of sp³-hybridized carbons (Fsp3) is 0.133. The molecule has 1 aromatic carbocycles. The van der Waals surface area contributed by atoms with Crippen molar-refractivity contribution in [2.24, 2.45) is 0 Å². The Labute approximate surface area is 116 Å². The first-order valence-electron chi connectivity index (χ1n) is 6.16. The van der Waals surface area contributed by atoms with Crippen LogP contribution in [0.15, 0.2) is 42.6 Å². The standard InChI is InChI=1S/C15H15N3S/c1-10-2-4-12(19-10)9-18-14-6-7-17-15-8-11(16)3-5-13(14)15/h2-8H,9,16H2,1H3,(H,17,18). The number of hydrogen-bond acceptors (Lipinski definition) is 4. The summed E-state index contributed by atoms with van der Waals surface area (Å²) in [5.41, 5.74) is 8.54. The summed E-state index contributed by atoms with van der Waals surface area (Å²) < 4.78 is 0. The largest absolute Gasteiger partial charge is 0.399 e. The molecule has 0 aliphatic carbocycles. The summed E-state index contributed by atoms with van der Waals surface area (Å²) in [6, 6.07) is 12.1. The third-order valence-electron chi connectivity index (χ3n) is 3.02. The molecule has 0 aliphatic heterocycles. The van der Waals surface area contributed by atoms with Crippen molar-refractivity contribution in [2.75, 3.05) is 11.1 Å². The van der Waals surface area contributed by atoms with Crippen LogP contribution in [0.1, 0.15) is 9.75 Å². The smallest absolute Gasteiger partial charge is 0.0743 e. The molecule has 96 valence electrons. The second kappa shape index (κ2) is 4.90. The second-order valence-electron chi connectivity index (χ2n) is 4.50. The molecule has 4 heteroatoms. The molecule has 2 aromatic heterocycles. The van der Waals surface area contributed by atoms with Crippen molar-refractivity contribution in [3.63, 3.8) is 0 Å². The Hall–Kier alpha value is -2.07. The summed E-state index contributed by atoms with van der Waals surface area (Å²) in [7, 11) is 0. The number of nitrogens with one attached hydrogen (secondary N) is 1. The van der Waals surface area contributed by atoms with Crippen LogP contribution < -0.4 is 11.1 Å². The molecule has 0 saturated carbocycles. The first-order valence-corrected chi connectivity index (χ1v) is 6.97. The highest BCUT2D eigenvalue weighted by molar-refractivity contribution is 7.11. The molecule has 0 unspecified atom stereocenters. The Morgan fingerprint density at radius 1 is 1.21 bits per heavy atom. The highest BCUT2D eigenvalue weighted by atomic mass is 32.1. The summed E-state index contributed by atoms with van der Waals surface area (Å²) in [4.78, 5) is 7.01.